The Morgan fingerprint density at radius 1 is 1.38 bits per heavy atom. The number of amides is 1. The summed E-state index contributed by atoms with van der Waals surface area (Å²) in [5.41, 5.74) is 0.664. The maximum Gasteiger partial charge on any atom is 0.246 e. The second-order valence-electron chi connectivity index (χ2n) is 4.41. The van der Waals surface area contributed by atoms with E-state index in [0.29, 0.717) is 6.54 Å². The number of nitrogens with zero attached hydrogens (tertiary/aromatic N) is 1. The fourth-order valence-electron chi connectivity index (χ4n) is 1.89. The van der Waals surface area contributed by atoms with Gasteiger partial charge in [0.05, 0.1) is 5.41 Å². The van der Waals surface area contributed by atoms with Crippen molar-refractivity contribution in [2.75, 3.05) is 6.54 Å². The van der Waals surface area contributed by atoms with Crippen LogP contribution in [0, 0.1) is 5.41 Å². The molecule has 0 aromatic heterocycles. The number of hydrazine groups is 1. The van der Waals surface area contributed by atoms with Gasteiger partial charge in [-0.3, -0.25) is 9.80 Å². The standard InChI is InChI=1S/C13H16N2O/c1-13(9-10-15(14)12(13)16)8-7-11-5-3-2-4-6-11/h2-8H,9-10,14H2,1H3/b8-7+. The maximum atomic E-state index is 11.8. The average Bonchev–Trinajstić information content (AvgIpc) is 2.57. The van der Waals surface area contributed by atoms with Crippen LogP contribution in [0.3, 0.4) is 0 Å². The van der Waals surface area contributed by atoms with Crippen LogP contribution in [-0.4, -0.2) is 17.5 Å². The van der Waals surface area contributed by atoms with Gasteiger partial charge in [0.15, 0.2) is 0 Å². The van der Waals surface area contributed by atoms with Crippen LogP contribution in [0.25, 0.3) is 6.08 Å². The molecule has 1 unspecified atom stereocenters. The quantitative estimate of drug-likeness (QED) is 0.605. The van der Waals surface area contributed by atoms with Gasteiger partial charge in [-0.15, -0.1) is 0 Å². The molecule has 1 saturated heterocycles. The molecular weight excluding hydrogens is 200 g/mol. The Morgan fingerprint density at radius 3 is 2.62 bits per heavy atom. The van der Waals surface area contributed by atoms with Crippen molar-refractivity contribution in [3.8, 4) is 0 Å². The molecule has 2 rings (SSSR count). The van der Waals surface area contributed by atoms with Crippen LogP contribution in [0.1, 0.15) is 18.9 Å². The van der Waals surface area contributed by atoms with E-state index in [-0.39, 0.29) is 5.91 Å². The van der Waals surface area contributed by atoms with E-state index in [9.17, 15) is 4.79 Å². The first kappa shape index (κ1) is 10.9. The fourth-order valence-corrected chi connectivity index (χ4v) is 1.89. The molecule has 1 aliphatic heterocycles. The summed E-state index contributed by atoms with van der Waals surface area (Å²) in [5.74, 6) is 5.57. The van der Waals surface area contributed by atoms with Crippen LogP contribution in [0.15, 0.2) is 36.4 Å². The third-order valence-electron chi connectivity index (χ3n) is 3.06. The van der Waals surface area contributed by atoms with Gasteiger partial charge in [0.2, 0.25) is 5.91 Å². The zero-order valence-corrected chi connectivity index (χ0v) is 9.39. The zero-order chi connectivity index (χ0) is 11.6. The van der Waals surface area contributed by atoms with Gasteiger partial charge in [0.1, 0.15) is 0 Å². The third-order valence-corrected chi connectivity index (χ3v) is 3.06. The minimum atomic E-state index is -0.440. The molecule has 2 N–H and O–H groups in total. The van der Waals surface area contributed by atoms with E-state index in [1.54, 1.807) is 0 Å². The van der Waals surface area contributed by atoms with Crippen molar-refractivity contribution in [3.05, 3.63) is 42.0 Å². The molecule has 0 bridgehead atoms. The Kier molecular flexibility index (Phi) is 2.79. The molecule has 1 atom stereocenters. The number of benzene rings is 1. The number of nitrogens with two attached hydrogens (primary N) is 1. The minimum Gasteiger partial charge on any atom is -0.280 e. The Bertz CT molecular complexity index is 413. The summed E-state index contributed by atoms with van der Waals surface area (Å²) < 4.78 is 0. The summed E-state index contributed by atoms with van der Waals surface area (Å²) >= 11 is 0. The molecule has 3 heteroatoms. The highest BCUT2D eigenvalue weighted by atomic mass is 16.2. The van der Waals surface area contributed by atoms with E-state index in [1.165, 1.54) is 5.01 Å². The third kappa shape index (κ3) is 1.99. The summed E-state index contributed by atoms with van der Waals surface area (Å²) in [7, 11) is 0. The summed E-state index contributed by atoms with van der Waals surface area (Å²) in [6.45, 7) is 2.57. The van der Waals surface area contributed by atoms with Crippen molar-refractivity contribution < 1.29 is 4.79 Å². The summed E-state index contributed by atoms with van der Waals surface area (Å²) in [4.78, 5) is 11.8. The van der Waals surface area contributed by atoms with Gasteiger partial charge in [-0.05, 0) is 18.9 Å². The molecule has 0 saturated carbocycles. The molecule has 0 spiro atoms. The van der Waals surface area contributed by atoms with Gasteiger partial charge in [-0.2, -0.15) is 0 Å². The SMILES string of the molecule is CC1(/C=C/c2ccccc2)CCN(N)C1=O. The molecule has 1 heterocycles. The van der Waals surface area contributed by atoms with Crippen molar-refractivity contribution in [2.24, 2.45) is 11.3 Å². The number of carbonyl (C=O) groups excluding carboxylic acids is 1. The van der Waals surface area contributed by atoms with E-state index >= 15 is 0 Å². The molecule has 0 aliphatic carbocycles. The smallest absolute Gasteiger partial charge is 0.246 e. The van der Waals surface area contributed by atoms with E-state index in [4.69, 9.17) is 5.84 Å². The van der Waals surface area contributed by atoms with Crippen molar-refractivity contribution >= 4 is 12.0 Å². The lowest BCUT2D eigenvalue weighted by molar-refractivity contribution is -0.133. The Hall–Kier alpha value is -1.61. The topological polar surface area (TPSA) is 46.3 Å². The van der Waals surface area contributed by atoms with Gasteiger partial charge in [-0.25, -0.2) is 5.84 Å². The van der Waals surface area contributed by atoms with Gasteiger partial charge >= 0.3 is 0 Å². The van der Waals surface area contributed by atoms with Crippen LogP contribution < -0.4 is 5.84 Å². The first-order valence-corrected chi connectivity index (χ1v) is 5.43. The van der Waals surface area contributed by atoms with Crippen LogP contribution in [-0.2, 0) is 4.79 Å². The van der Waals surface area contributed by atoms with Gasteiger partial charge in [-0.1, -0.05) is 42.5 Å². The predicted octanol–water partition coefficient (Wildman–Crippen LogP) is 1.81. The number of hydrogen-bond acceptors (Lipinski definition) is 2. The molecule has 1 fully saturated rings. The minimum absolute atomic E-state index is 0.000295. The number of hydrogen-bond donors (Lipinski definition) is 1. The normalized spacial score (nSPS) is 25.6. The first-order chi connectivity index (χ1) is 7.62. The Balaban J connectivity index is 2.16. The zero-order valence-electron chi connectivity index (χ0n) is 9.39. The van der Waals surface area contributed by atoms with Crippen LogP contribution in [0.5, 0.6) is 0 Å². The highest BCUT2D eigenvalue weighted by molar-refractivity contribution is 5.86. The molecule has 16 heavy (non-hydrogen) atoms. The first-order valence-electron chi connectivity index (χ1n) is 5.43. The monoisotopic (exact) mass is 216 g/mol. The molecule has 1 aromatic carbocycles. The Morgan fingerprint density at radius 2 is 2.06 bits per heavy atom. The second kappa shape index (κ2) is 4.10. The molecule has 1 amide bonds. The molecule has 84 valence electrons. The predicted molar refractivity (Wildman–Crippen MR) is 64.1 cm³/mol. The van der Waals surface area contributed by atoms with Gasteiger partial charge in [0.25, 0.3) is 0 Å². The Labute approximate surface area is 95.5 Å². The average molecular weight is 216 g/mol. The fraction of sp³-hybridized carbons (Fsp3) is 0.308. The summed E-state index contributed by atoms with van der Waals surface area (Å²) in [6.07, 6.45) is 4.72. The van der Waals surface area contributed by atoms with E-state index < -0.39 is 5.41 Å². The largest absolute Gasteiger partial charge is 0.280 e. The van der Waals surface area contributed by atoms with E-state index in [0.717, 1.165) is 12.0 Å². The molecular formula is C13H16N2O. The lowest BCUT2D eigenvalue weighted by atomic mass is 9.88. The second-order valence-corrected chi connectivity index (χ2v) is 4.41. The number of rotatable bonds is 2. The number of carbonyl (C=O) groups is 1. The van der Waals surface area contributed by atoms with Crippen molar-refractivity contribution in [3.63, 3.8) is 0 Å². The lowest BCUT2D eigenvalue weighted by Crippen LogP contribution is -2.36. The molecule has 1 aliphatic rings. The van der Waals surface area contributed by atoms with E-state index in [1.807, 2.05) is 49.4 Å². The summed E-state index contributed by atoms with van der Waals surface area (Å²) in [5, 5.41) is 1.30. The molecule has 3 nitrogen and oxygen atoms in total. The van der Waals surface area contributed by atoms with Crippen LogP contribution >= 0.6 is 0 Å². The van der Waals surface area contributed by atoms with Crippen LogP contribution in [0.2, 0.25) is 0 Å². The lowest BCUT2D eigenvalue weighted by Gasteiger charge is -2.16. The van der Waals surface area contributed by atoms with E-state index in [2.05, 4.69) is 0 Å². The molecule has 1 aromatic rings. The molecule has 0 radical (unpaired) electrons. The van der Waals surface area contributed by atoms with Gasteiger partial charge in [0, 0.05) is 6.54 Å². The maximum absolute atomic E-state index is 11.8. The summed E-state index contributed by atoms with van der Waals surface area (Å²) in [6, 6.07) is 9.96. The van der Waals surface area contributed by atoms with Gasteiger partial charge < -0.3 is 0 Å². The van der Waals surface area contributed by atoms with Crippen molar-refractivity contribution in [1.82, 2.24) is 5.01 Å². The highest BCUT2D eigenvalue weighted by Crippen LogP contribution is 2.31. The van der Waals surface area contributed by atoms with Crippen LogP contribution in [0.4, 0.5) is 0 Å². The van der Waals surface area contributed by atoms with Crippen molar-refractivity contribution in [1.29, 1.82) is 0 Å². The van der Waals surface area contributed by atoms with Crippen molar-refractivity contribution in [2.45, 2.75) is 13.3 Å². The highest BCUT2D eigenvalue weighted by Gasteiger charge is 2.39.